The fourth-order valence-corrected chi connectivity index (χ4v) is 6.33. The van der Waals surface area contributed by atoms with Crippen LogP contribution in [0.4, 0.5) is 11.8 Å². The van der Waals surface area contributed by atoms with Crippen molar-refractivity contribution in [2.45, 2.75) is 79.2 Å². The molecule has 4 atom stereocenters. The van der Waals surface area contributed by atoms with Gasteiger partial charge in [0.15, 0.2) is 5.58 Å². The van der Waals surface area contributed by atoms with Crippen LogP contribution in [0.25, 0.3) is 22.3 Å². The highest BCUT2D eigenvalue weighted by molar-refractivity contribution is 5.87. The normalized spacial score (nSPS) is 24.9. The number of hydrogen-bond donors (Lipinski definition) is 3. The fourth-order valence-electron chi connectivity index (χ4n) is 6.33. The molecule has 2 aliphatic carbocycles. The van der Waals surface area contributed by atoms with Crippen LogP contribution in [0.2, 0.25) is 0 Å². The second kappa shape index (κ2) is 10.4. The Kier molecular flexibility index (Phi) is 7.20. The van der Waals surface area contributed by atoms with E-state index in [9.17, 15) is 5.11 Å². The zero-order chi connectivity index (χ0) is 25.4. The van der Waals surface area contributed by atoms with Crippen LogP contribution in [0.5, 0.6) is 0 Å². The highest BCUT2D eigenvalue weighted by atomic mass is 16.3. The summed E-state index contributed by atoms with van der Waals surface area (Å²) >= 11 is 0. The lowest BCUT2D eigenvalue weighted by Gasteiger charge is -2.24. The SMILES string of the molecule is Cc1cc2cc(-c3c(C)nc(NCC4CCCCC4)nc3NC3C[C@H](CO)[C@@H](C)[C@H]3C)oc2c(C)n1. The Morgan fingerprint density at radius 1 is 0.972 bits per heavy atom. The van der Waals surface area contributed by atoms with Crippen LogP contribution in [0.1, 0.15) is 69.5 Å². The Balaban J connectivity index is 1.51. The van der Waals surface area contributed by atoms with Crippen LogP contribution in [0.15, 0.2) is 16.5 Å². The number of aryl methyl sites for hydroxylation is 3. The first-order valence-corrected chi connectivity index (χ1v) is 13.7. The van der Waals surface area contributed by atoms with E-state index < -0.39 is 0 Å². The van der Waals surface area contributed by atoms with Gasteiger partial charge in [0.05, 0.1) is 17.0 Å². The summed E-state index contributed by atoms with van der Waals surface area (Å²) in [5.41, 5.74) is 4.46. The number of hydrogen-bond acceptors (Lipinski definition) is 7. The number of fused-ring (bicyclic) bond motifs is 1. The predicted octanol–water partition coefficient (Wildman–Crippen LogP) is 6.27. The van der Waals surface area contributed by atoms with Gasteiger partial charge in [0.25, 0.3) is 0 Å². The Morgan fingerprint density at radius 2 is 1.75 bits per heavy atom. The molecule has 2 saturated carbocycles. The molecule has 5 rings (SSSR count). The summed E-state index contributed by atoms with van der Waals surface area (Å²) in [6, 6.07) is 4.37. The first-order valence-electron chi connectivity index (χ1n) is 13.7. The van der Waals surface area contributed by atoms with Gasteiger partial charge in [0, 0.05) is 30.3 Å². The second-order valence-electron chi connectivity index (χ2n) is 11.3. The first-order chi connectivity index (χ1) is 17.3. The molecule has 2 aliphatic rings. The van der Waals surface area contributed by atoms with Crippen molar-refractivity contribution >= 4 is 22.7 Å². The summed E-state index contributed by atoms with van der Waals surface area (Å²) in [4.78, 5) is 14.5. The summed E-state index contributed by atoms with van der Waals surface area (Å²) in [6.07, 6.45) is 7.48. The predicted molar refractivity (Wildman–Crippen MR) is 145 cm³/mol. The molecule has 0 radical (unpaired) electrons. The summed E-state index contributed by atoms with van der Waals surface area (Å²) in [5.74, 6) is 4.10. The number of aromatic nitrogens is 3. The van der Waals surface area contributed by atoms with Crippen LogP contribution in [-0.2, 0) is 0 Å². The van der Waals surface area contributed by atoms with Crippen molar-refractivity contribution in [3.63, 3.8) is 0 Å². The minimum absolute atomic E-state index is 0.225. The van der Waals surface area contributed by atoms with Gasteiger partial charge in [-0.1, -0.05) is 33.1 Å². The molecule has 7 heteroatoms. The number of aliphatic hydroxyl groups is 1. The van der Waals surface area contributed by atoms with E-state index in [2.05, 4.69) is 41.6 Å². The molecule has 36 heavy (non-hydrogen) atoms. The number of aliphatic hydroxyl groups excluding tert-OH is 1. The molecule has 0 amide bonds. The van der Waals surface area contributed by atoms with Crippen molar-refractivity contribution in [3.05, 3.63) is 29.2 Å². The maximum atomic E-state index is 9.90. The largest absolute Gasteiger partial charge is 0.454 e. The third-order valence-electron chi connectivity index (χ3n) is 8.73. The number of rotatable bonds is 7. The molecule has 0 spiro atoms. The minimum Gasteiger partial charge on any atom is -0.454 e. The third-order valence-corrected chi connectivity index (χ3v) is 8.73. The highest BCUT2D eigenvalue weighted by Gasteiger charge is 2.38. The average molecular weight is 492 g/mol. The molecule has 3 aromatic rings. The maximum Gasteiger partial charge on any atom is 0.224 e. The van der Waals surface area contributed by atoms with Gasteiger partial charge in [-0.3, -0.25) is 4.98 Å². The van der Waals surface area contributed by atoms with Gasteiger partial charge < -0.3 is 20.2 Å². The topological polar surface area (TPSA) is 96.1 Å². The van der Waals surface area contributed by atoms with E-state index in [0.717, 1.165) is 58.2 Å². The van der Waals surface area contributed by atoms with E-state index in [0.29, 0.717) is 29.6 Å². The second-order valence-corrected chi connectivity index (χ2v) is 11.3. The molecule has 0 aliphatic heterocycles. The van der Waals surface area contributed by atoms with Gasteiger partial charge in [-0.05, 0) is 75.8 Å². The fraction of sp³-hybridized carbons (Fsp3) is 0.621. The van der Waals surface area contributed by atoms with E-state index in [1.165, 1.54) is 32.1 Å². The smallest absolute Gasteiger partial charge is 0.224 e. The van der Waals surface area contributed by atoms with E-state index in [-0.39, 0.29) is 12.6 Å². The number of nitrogens with one attached hydrogen (secondary N) is 2. The Hall–Kier alpha value is -2.67. The molecular weight excluding hydrogens is 450 g/mol. The van der Waals surface area contributed by atoms with E-state index in [1.54, 1.807) is 0 Å². The minimum atomic E-state index is 0.225. The molecule has 1 unspecified atom stereocenters. The molecule has 7 nitrogen and oxygen atoms in total. The standard InChI is InChI=1S/C29H41N5O2/c1-16-11-22-13-25(36-27(22)20(5)31-16)26-19(4)32-29(30-14-21-9-7-6-8-10-21)34-28(26)33-24-12-23(15-35)17(2)18(24)3/h11,13,17-18,21,23-24,35H,6-10,12,14-15H2,1-5H3,(H2,30,32,33,34)/t17-,18+,23+,24?/m0/s1. The number of nitrogens with zero attached hydrogens (tertiary/aromatic N) is 3. The van der Waals surface area contributed by atoms with E-state index in [1.807, 2.05) is 20.8 Å². The lowest BCUT2D eigenvalue weighted by molar-refractivity contribution is 0.191. The molecule has 0 saturated heterocycles. The summed E-state index contributed by atoms with van der Waals surface area (Å²) < 4.78 is 6.37. The van der Waals surface area contributed by atoms with Crippen LogP contribution in [-0.4, -0.2) is 39.3 Å². The Labute approximate surface area is 214 Å². The van der Waals surface area contributed by atoms with Crippen LogP contribution in [0, 0.1) is 44.4 Å². The molecule has 3 aromatic heterocycles. The van der Waals surface area contributed by atoms with Gasteiger partial charge in [0.2, 0.25) is 5.95 Å². The van der Waals surface area contributed by atoms with Gasteiger partial charge in [0.1, 0.15) is 11.6 Å². The molecule has 0 aromatic carbocycles. The van der Waals surface area contributed by atoms with Crippen molar-refractivity contribution in [3.8, 4) is 11.3 Å². The quantitative estimate of drug-likeness (QED) is 0.358. The first kappa shape index (κ1) is 25.0. The van der Waals surface area contributed by atoms with Crippen LogP contribution >= 0.6 is 0 Å². The Bertz CT molecular complexity index is 1220. The molecule has 3 N–H and O–H groups in total. The summed E-state index contributed by atoms with van der Waals surface area (Å²) in [5, 5.41) is 18.2. The number of pyridine rings is 1. The van der Waals surface area contributed by atoms with Gasteiger partial charge in [-0.15, -0.1) is 0 Å². The van der Waals surface area contributed by atoms with Crippen molar-refractivity contribution in [1.82, 2.24) is 15.0 Å². The Morgan fingerprint density at radius 3 is 2.47 bits per heavy atom. The highest BCUT2D eigenvalue weighted by Crippen LogP contribution is 2.41. The van der Waals surface area contributed by atoms with Crippen molar-refractivity contribution in [2.24, 2.45) is 23.7 Å². The van der Waals surface area contributed by atoms with Crippen molar-refractivity contribution in [1.29, 1.82) is 0 Å². The van der Waals surface area contributed by atoms with E-state index in [4.69, 9.17) is 14.4 Å². The zero-order valence-corrected chi connectivity index (χ0v) is 22.4. The molecule has 2 fully saturated rings. The molecule has 3 heterocycles. The lowest BCUT2D eigenvalue weighted by atomic mass is 9.89. The van der Waals surface area contributed by atoms with E-state index >= 15 is 0 Å². The molecular formula is C29H41N5O2. The lowest BCUT2D eigenvalue weighted by Crippen LogP contribution is -2.26. The van der Waals surface area contributed by atoms with Crippen LogP contribution < -0.4 is 10.6 Å². The van der Waals surface area contributed by atoms with Gasteiger partial charge >= 0.3 is 0 Å². The van der Waals surface area contributed by atoms with Crippen molar-refractivity contribution in [2.75, 3.05) is 23.8 Å². The molecule has 194 valence electrons. The number of furan rings is 1. The summed E-state index contributed by atoms with van der Waals surface area (Å²) in [7, 11) is 0. The monoisotopic (exact) mass is 491 g/mol. The number of anilines is 2. The zero-order valence-electron chi connectivity index (χ0n) is 22.4. The van der Waals surface area contributed by atoms with Gasteiger partial charge in [-0.25, -0.2) is 4.98 Å². The van der Waals surface area contributed by atoms with Crippen LogP contribution in [0.3, 0.4) is 0 Å². The maximum absolute atomic E-state index is 9.90. The average Bonchev–Trinajstić information content (AvgIpc) is 3.39. The third kappa shape index (κ3) is 4.95. The van der Waals surface area contributed by atoms with Gasteiger partial charge in [-0.2, -0.15) is 4.98 Å². The summed E-state index contributed by atoms with van der Waals surface area (Å²) in [6.45, 7) is 11.7. The molecule has 0 bridgehead atoms. The van der Waals surface area contributed by atoms with Crippen molar-refractivity contribution < 1.29 is 9.52 Å².